The largest absolute Gasteiger partial charge is 0.276 e. The van der Waals surface area contributed by atoms with Crippen LogP contribution in [0.2, 0.25) is 0 Å². The SMILES string of the molecule is [CH2]c1cccc([C@H](C)c2cn(C(=O)CCc3ccccc3)cn2)c1C. The first-order chi connectivity index (χ1) is 12.1. The van der Waals surface area contributed by atoms with Gasteiger partial charge in [0.25, 0.3) is 0 Å². The fourth-order valence-corrected chi connectivity index (χ4v) is 3.05. The molecule has 1 aromatic heterocycles. The van der Waals surface area contributed by atoms with E-state index in [0.29, 0.717) is 6.42 Å². The molecule has 3 rings (SSSR count). The molecule has 25 heavy (non-hydrogen) atoms. The number of aryl methyl sites for hydroxylation is 1. The van der Waals surface area contributed by atoms with E-state index in [0.717, 1.165) is 17.7 Å². The fraction of sp³-hybridized carbons (Fsp3) is 0.227. The average Bonchev–Trinajstić information content (AvgIpc) is 3.12. The second-order valence-corrected chi connectivity index (χ2v) is 6.44. The van der Waals surface area contributed by atoms with Crippen molar-refractivity contribution in [1.29, 1.82) is 0 Å². The number of aromatic nitrogens is 2. The third kappa shape index (κ3) is 3.87. The van der Waals surface area contributed by atoms with Gasteiger partial charge in [0, 0.05) is 18.5 Å². The van der Waals surface area contributed by atoms with Crippen molar-refractivity contribution < 1.29 is 4.79 Å². The van der Waals surface area contributed by atoms with Crippen molar-refractivity contribution in [3.63, 3.8) is 0 Å². The van der Waals surface area contributed by atoms with E-state index in [1.807, 2.05) is 48.7 Å². The molecule has 0 saturated carbocycles. The monoisotopic (exact) mass is 331 g/mol. The van der Waals surface area contributed by atoms with Gasteiger partial charge in [-0.25, -0.2) is 4.98 Å². The van der Waals surface area contributed by atoms with Crippen LogP contribution in [0.1, 0.15) is 52.0 Å². The van der Waals surface area contributed by atoms with Crippen molar-refractivity contribution in [2.24, 2.45) is 0 Å². The van der Waals surface area contributed by atoms with E-state index in [4.69, 9.17) is 0 Å². The van der Waals surface area contributed by atoms with E-state index < -0.39 is 0 Å². The van der Waals surface area contributed by atoms with Gasteiger partial charge in [-0.2, -0.15) is 0 Å². The van der Waals surface area contributed by atoms with E-state index in [1.54, 1.807) is 10.9 Å². The second-order valence-electron chi connectivity index (χ2n) is 6.44. The molecule has 0 aliphatic rings. The van der Waals surface area contributed by atoms with Gasteiger partial charge in [-0.05, 0) is 42.5 Å². The standard InChI is InChI=1S/C22H23N2O/c1-16-8-7-11-20(17(16)2)18(3)21-14-24(15-23-21)22(25)13-12-19-9-5-4-6-10-19/h4-11,14-15,18H,1,12-13H2,2-3H3/t18-/m0/s1. The van der Waals surface area contributed by atoms with Crippen molar-refractivity contribution in [2.75, 3.05) is 0 Å². The number of carbonyl (C=O) groups excluding carboxylic acids is 1. The maximum Gasteiger partial charge on any atom is 0.232 e. The fourth-order valence-electron chi connectivity index (χ4n) is 3.05. The molecule has 0 spiro atoms. The zero-order chi connectivity index (χ0) is 17.8. The lowest BCUT2D eigenvalue weighted by Crippen LogP contribution is -2.09. The Kier molecular flexibility index (Phi) is 5.13. The minimum Gasteiger partial charge on any atom is -0.276 e. The van der Waals surface area contributed by atoms with Gasteiger partial charge < -0.3 is 0 Å². The highest BCUT2D eigenvalue weighted by Gasteiger charge is 2.16. The molecule has 3 nitrogen and oxygen atoms in total. The quantitative estimate of drug-likeness (QED) is 0.673. The topological polar surface area (TPSA) is 34.9 Å². The molecule has 1 atom stereocenters. The highest BCUT2D eigenvalue weighted by Crippen LogP contribution is 2.27. The summed E-state index contributed by atoms with van der Waals surface area (Å²) in [6.45, 7) is 8.26. The molecule has 0 unspecified atom stereocenters. The number of hydrogen-bond donors (Lipinski definition) is 0. The Morgan fingerprint density at radius 1 is 1.16 bits per heavy atom. The summed E-state index contributed by atoms with van der Waals surface area (Å²) in [7, 11) is 0. The van der Waals surface area contributed by atoms with Crippen LogP contribution in [-0.2, 0) is 6.42 Å². The molecule has 0 saturated heterocycles. The third-order valence-electron chi connectivity index (χ3n) is 4.76. The van der Waals surface area contributed by atoms with Crippen LogP contribution in [-0.4, -0.2) is 15.5 Å². The zero-order valence-electron chi connectivity index (χ0n) is 14.8. The maximum absolute atomic E-state index is 12.4. The minimum absolute atomic E-state index is 0.0671. The summed E-state index contributed by atoms with van der Waals surface area (Å²) < 4.78 is 1.61. The molecule has 0 aliphatic heterocycles. The first-order valence-corrected chi connectivity index (χ1v) is 8.58. The summed E-state index contributed by atoms with van der Waals surface area (Å²) in [5.74, 6) is 0.197. The van der Waals surface area contributed by atoms with Gasteiger partial charge in [-0.15, -0.1) is 0 Å². The van der Waals surface area contributed by atoms with Crippen LogP contribution in [0.4, 0.5) is 0 Å². The predicted molar refractivity (Wildman–Crippen MR) is 101 cm³/mol. The average molecular weight is 331 g/mol. The van der Waals surface area contributed by atoms with Gasteiger partial charge >= 0.3 is 0 Å². The molecule has 0 bridgehead atoms. The molecule has 1 radical (unpaired) electrons. The van der Waals surface area contributed by atoms with Crippen molar-refractivity contribution >= 4 is 5.91 Å². The Bertz CT molecular complexity index is 865. The lowest BCUT2D eigenvalue weighted by atomic mass is 9.92. The number of hydrogen-bond acceptors (Lipinski definition) is 2. The van der Waals surface area contributed by atoms with Gasteiger partial charge in [-0.1, -0.05) is 55.5 Å². The summed E-state index contributed by atoms with van der Waals surface area (Å²) in [5, 5.41) is 0. The first-order valence-electron chi connectivity index (χ1n) is 8.58. The molecule has 3 aromatic rings. The Hall–Kier alpha value is -2.68. The molecule has 3 heteroatoms. The number of imidazole rings is 1. The van der Waals surface area contributed by atoms with Crippen molar-refractivity contribution in [1.82, 2.24) is 9.55 Å². The summed E-state index contributed by atoms with van der Waals surface area (Å²) in [4.78, 5) is 16.9. The van der Waals surface area contributed by atoms with Gasteiger partial charge in [0.05, 0.1) is 5.69 Å². The number of nitrogens with zero attached hydrogens (tertiary/aromatic N) is 2. The highest BCUT2D eigenvalue weighted by atomic mass is 16.2. The van der Waals surface area contributed by atoms with Gasteiger partial charge in [0.15, 0.2) is 0 Å². The van der Waals surface area contributed by atoms with Gasteiger partial charge in [0.1, 0.15) is 6.33 Å². The smallest absolute Gasteiger partial charge is 0.232 e. The van der Waals surface area contributed by atoms with E-state index in [-0.39, 0.29) is 11.8 Å². The van der Waals surface area contributed by atoms with Crippen LogP contribution in [0, 0.1) is 13.8 Å². The lowest BCUT2D eigenvalue weighted by molar-refractivity contribution is 0.0902. The summed E-state index contributed by atoms with van der Waals surface area (Å²) in [6.07, 6.45) is 4.70. The highest BCUT2D eigenvalue weighted by molar-refractivity contribution is 5.79. The number of carbonyl (C=O) groups is 1. The molecule has 0 fully saturated rings. The van der Waals surface area contributed by atoms with Crippen molar-refractivity contribution in [3.05, 3.63) is 95.9 Å². The summed E-state index contributed by atoms with van der Waals surface area (Å²) in [5.41, 5.74) is 5.49. The molecule has 127 valence electrons. The van der Waals surface area contributed by atoms with E-state index >= 15 is 0 Å². The van der Waals surface area contributed by atoms with Gasteiger partial charge in [0.2, 0.25) is 5.91 Å². The molecule has 1 heterocycles. The minimum atomic E-state index is 0.0671. The van der Waals surface area contributed by atoms with Crippen LogP contribution < -0.4 is 0 Å². The zero-order valence-corrected chi connectivity index (χ0v) is 14.8. The molecule has 0 amide bonds. The van der Waals surface area contributed by atoms with Gasteiger partial charge in [-0.3, -0.25) is 9.36 Å². The molecule has 0 N–H and O–H groups in total. The lowest BCUT2D eigenvalue weighted by Gasteiger charge is -2.14. The van der Waals surface area contributed by atoms with Crippen molar-refractivity contribution in [3.8, 4) is 0 Å². The second kappa shape index (κ2) is 7.47. The molecule has 2 aromatic carbocycles. The molecular formula is C22H23N2O. The van der Waals surface area contributed by atoms with Crippen molar-refractivity contribution in [2.45, 2.75) is 32.6 Å². The van der Waals surface area contributed by atoms with Crippen LogP contribution in [0.3, 0.4) is 0 Å². The molecular weight excluding hydrogens is 308 g/mol. The number of rotatable bonds is 5. The first kappa shape index (κ1) is 17.2. The third-order valence-corrected chi connectivity index (χ3v) is 4.76. The predicted octanol–water partition coefficient (Wildman–Crippen LogP) is 4.80. The van der Waals surface area contributed by atoms with E-state index in [1.165, 1.54) is 16.7 Å². The summed E-state index contributed by atoms with van der Waals surface area (Å²) in [6, 6.07) is 16.2. The van der Waals surface area contributed by atoms with E-state index in [9.17, 15) is 4.79 Å². The Labute approximate surface area is 149 Å². The van der Waals surface area contributed by atoms with Crippen LogP contribution in [0.5, 0.6) is 0 Å². The maximum atomic E-state index is 12.4. The number of benzene rings is 2. The Balaban J connectivity index is 1.71. The Morgan fingerprint density at radius 3 is 2.68 bits per heavy atom. The Morgan fingerprint density at radius 2 is 1.92 bits per heavy atom. The van der Waals surface area contributed by atoms with Crippen LogP contribution >= 0.6 is 0 Å². The van der Waals surface area contributed by atoms with Crippen LogP contribution in [0.15, 0.2) is 61.1 Å². The normalized spacial score (nSPS) is 12.1. The summed E-state index contributed by atoms with van der Waals surface area (Å²) >= 11 is 0. The van der Waals surface area contributed by atoms with Crippen LogP contribution in [0.25, 0.3) is 0 Å². The molecule has 0 aliphatic carbocycles. The van der Waals surface area contributed by atoms with E-state index in [2.05, 4.69) is 31.8 Å².